The number of aliphatic hydroxyl groups is 1. The summed E-state index contributed by atoms with van der Waals surface area (Å²) >= 11 is 0. The Hall–Kier alpha value is -1.11. The Balaban J connectivity index is 2.63. The predicted molar refractivity (Wildman–Crippen MR) is 81.1 cm³/mol. The van der Waals surface area contributed by atoms with Gasteiger partial charge in [0.1, 0.15) is 4.90 Å². The van der Waals surface area contributed by atoms with E-state index < -0.39 is 10.0 Å². The summed E-state index contributed by atoms with van der Waals surface area (Å²) in [4.78, 5) is 0.149. The fourth-order valence-electron chi connectivity index (χ4n) is 1.92. The average molecular weight is 300 g/mol. The first-order valence-corrected chi connectivity index (χ1v) is 8.34. The van der Waals surface area contributed by atoms with Gasteiger partial charge in [-0.2, -0.15) is 0 Å². The second-order valence-corrected chi connectivity index (χ2v) is 6.75. The molecule has 0 amide bonds. The van der Waals surface area contributed by atoms with E-state index in [0.29, 0.717) is 6.54 Å². The molecule has 0 radical (unpaired) electrons. The molecule has 1 rings (SSSR count). The molecule has 0 aliphatic rings. The van der Waals surface area contributed by atoms with Crippen molar-refractivity contribution in [1.29, 1.82) is 0 Å². The summed E-state index contributed by atoms with van der Waals surface area (Å²) in [5.41, 5.74) is 7.96. The Labute approximate surface area is 121 Å². The second kappa shape index (κ2) is 7.61. The van der Waals surface area contributed by atoms with Gasteiger partial charge in [-0.25, -0.2) is 13.1 Å². The van der Waals surface area contributed by atoms with Crippen LogP contribution in [0.5, 0.6) is 0 Å². The molecule has 0 spiro atoms. The lowest BCUT2D eigenvalue weighted by Gasteiger charge is -2.11. The summed E-state index contributed by atoms with van der Waals surface area (Å²) in [6.07, 6.45) is 3.32. The summed E-state index contributed by atoms with van der Waals surface area (Å²) in [5.74, 6) is 0. The lowest BCUT2D eigenvalue weighted by atomic mass is 10.1. The maximum absolute atomic E-state index is 12.2. The van der Waals surface area contributed by atoms with Crippen molar-refractivity contribution in [3.05, 3.63) is 23.3 Å². The van der Waals surface area contributed by atoms with E-state index in [1.165, 1.54) is 0 Å². The summed E-state index contributed by atoms with van der Waals surface area (Å²) < 4.78 is 26.9. The molecule has 6 heteroatoms. The van der Waals surface area contributed by atoms with Crippen molar-refractivity contribution < 1.29 is 13.5 Å². The number of nitrogens with two attached hydrogens (primary N) is 1. The molecule has 0 atom stereocenters. The number of rotatable bonds is 8. The molecule has 0 heterocycles. The first-order valence-electron chi connectivity index (χ1n) is 6.85. The van der Waals surface area contributed by atoms with Gasteiger partial charge in [-0.05, 0) is 49.9 Å². The van der Waals surface area contributed by atoms with Crippen LogP contribution in [0.2, 0.25) is 0 Å². The molecule has 0 aliphatic carbocycles. The van der Waals surface area contributed by atoms with Gasteiger partial charge in [0.05, 0.1) is 5.69 Å². The van der Waals surface area contributed by atoms with Crippen LogP contribution in [0.3, 0.4) is 0 Å². The number of aryl methyl sites for hydroxylation is 2. The Morgan fingerprint density at radius 2 is 1.70 bits per heavy atom. The number of hydrogen-bond donors (Lipinski definition) is 3. The van der Waals surface area contributed by atoms with Gasteiger partial charge in [0.2, 0.25) is 10.0 Å². The van der Waals surface area contributed by atoms with Crippen LogP contribution in [-0.4, -0.2) is 26.7 Å². The van der Waals surface area contributed by atoms with Crippen LogP contribution >= 0.6 is 0 Å². The van der Waals surface area contributed by atoms with Crippen molar-refractivity contribution in [2.24, 2.45) is 0 Å². The molecule has 0 aromatic heterocycles. The van der Waals surface area contributed by atoms with Gasteiger partial charge in [-0.3, -0.25) is 0 Å². The molecule has 0 saturated carbocycles. The minimum absolute atomic E-state index is 0.149. The molecule has 114 valence electrons. The molecular weight excluding hydrogens is 276 g/mol. The van der Waals surface area contributed by atoms with Gasteiger partial charge in [0.15, 0.2) is 0 Å². The summed E-state index contributed by atoms with van der Waals surface area (Å²) in [7, 11) is -3.55. The number of nitrogens with one attached hydrogen (secondary N) is 1. The van der Waals surface area contributed by atoms with Crippen molar-refractivity contribution in [3.8, 4) is 0 Å². The third-order valence-electron chi connectivity index (χ3n) is 3.29. The summed E-state index contributed by atoms with van der Waals surface area (Å²) in [6, 6.07) is 3.30. The number of hydrogen-bond acceptors (Lipinski definition) is 4. The van der Waals surface area contributed by atoms with E-state index >= 15 is 0 Å². The number of sulfonamides is 1. The van der Waals surface area contributed by atoms with Crippen LogP contribution in [0.4, 0.5) is 5.69 Å². The predicted octanol–water partition coefficient (Wildman–Crippen LogP) is 1.72. The largest absolute Gasteiger partial charge is 0.398 e. The van der Waals surface area contributed by atoms with Crippen molar-refractivity contribution >= 4 is 15.7 Å². The molecule has 5 nitrogen and oxygen atoms in total. The Kier molecular flexibility index (Phi) is 6.45. The van der Waals surface area contributed by atoms with Crippen LogP contribution in [0, 0.1) is 13.8 Å². The number of benzene rings is 1. The minimum Gasteiger partial charge on any atom is -0.398 e. The molecule has 0 saturated heterocycles. The molecule has 1 aromatic rings. The van der Waals surface area contributed by atoms with Crippen LogP contribution in [0.15, 0.2) is 17.0 Å². The molecule has 4 N–H and O–H groups in total. The quantitative estimate of drug-likeness (QED) is 0.503. The first-order chi connectivity index (χ1) is 9.38. The van der Waals surface area contributed by atoms with Gasteiger partial charge in [-0.15, -0.1) is 0 Å². The molecule has 0 fully saturated rings. The van der Waals surface area contributed by atoms with Crippen molar-refractivity contribution in [2.45, 2.75) is 44.4 Å². The summed E-state index contributed by atoms with van der Waals surface area (Å²) in [6.45, 7) is 4.34. The Morgan fingerprint density at radius 1 is 1.10 bits per heavy atom. The average Bonchev–Trinajstić information content (AvgIpc) is 2.37. The number of aliphatic hydroxyl groups excluding tert-OH is 1. The first kappa shape index (κ1) is 16.9. The Bertz CT molecular complexity index is 542. The Morgan fingerprint density at radius 3 is 2.35 bits per heavy atom. The number of nitrogen functional groups attached to an aromatic ring is 1. The maximum Gasteiger partial charge on any atom is 0.242 e. The zero-order valence-electron chi connectivity index (χ0n) is 12.1. The van der Waals surface area contributed by atoms with Gasteiger partial charge >= 0.3 is 0 Å². The van der Waals surface area contributed by atoms with Gasteiger partial charge in [0.25, 0.3) is 0 Å². The topological polar surface area (TPSA) is 92.4 Å². The fourth-order valence-corrected chi connectivity index (χ4v) is 3.19. The molecular formula is C14H24N2O3S. The van der Waals surface area contributed by atoms with Crippen molar-refractivity contribution in [1.82, 2.24) is 4.72 Å². The van der Waals surface area contributed by atoms with E-state index in [1.54, 1.807) is 12.1 Å². The van der Waals surface area contributed by atoms with E-state index in [9.17, 15) is 8.42 Å². The van der Waals surface area contributed by atoms with Crippen molar-refractivity contribution in [3.63, 3.8) is 0 Å². The molecule has 0 bridgehead atoms. The fraction of sp³-hybridized carbons (Fsp3) is 0.571. The highest BCUT2D eigenvalue weighted by molar-refractivity contribution is 7.89. The lowest BCUT2D eigenvalue weighted by molar-refractivity contribution is 0.282. The third kappa shape index (κ3) is 4.77. The standard InChI is InChI=1S/C14H24N2O3S/c1-11-9-13(15)14(10-12(11)2)20(18,19)16-7-5-3-4-6-8-17/h9-10,16-17H,3-8,15H2,1-2H3. The lowest BCUT2D eigenvalue weighted by Crippen LogP contribution is -2.25. The van der Waals surface area contributed by atoms with Gasteiger partial charge in [0, 0.05) is 13.2 Å². The summed E-state index contributed by atoms with van der Waals surface area (Å²) in [5, 5.41) is 8.65. The molecule has 0 unspecified atom stereocenters. The SMILES string of the molecule is Cc1cc(N)c(S(=O)(=O)NCCCCCCO)cc1C. The van der Waals surface area contributed by atoms with E-state index in [1.807, 2.05) is 13.8 Å². The van der Waals surface area contributed by atoms with Crippen LogP contribution < -0.4 is 10.5 Å². The highest BCUT2D eigenvalue weighted by Gasteiger charge is 2.17. The minimum atomic E-state index is -3.55. The van der Waals surface area contributed by atoms with E-state index in [4.69, 9.17) is 10.8 Å². The monoisotopic (exact) mass is 300 g/mol. The van der Waals surface area contributed by atoms with E-state index in [2.05, 4.69) is 4.72 Å². The zero-order chi connectivity index (χ0) is 15.2. The van der Waals surface area contributed by atoms with Gasteiger partial charge < -0.3 is 10.8 Å². The maximum atomic E-state index is 12.2. The van der Waals surface area contributed by atoms with Gasteiger partial charge in [-0.1, -0.05) is 12.8 Å². The van der Waals surface area contributed by atoms with Crippen LogP contribution in [0.25, 0.3) is 0 Å². The number of unbranched alkanes of at least 4 members (excludes halogenated alkanes) is 3. The van der Waals surface area contributed by atoms with Crippen LogP contribution in [0.1, 0.15) is 36.8 Å². The normalized spacial score (nSPS) is 11.8. The van der Waals surface area contributed by atoms with Crippen LogP contribution in [-0.2, 0) is 10.0 Å². The third-order valence-corrected chi connectivity index (χ3v) is 4.81. The van der Waals surface area contributed by atoms with E-state index in [-0.39, 0.29) is 17.2 Å². The van der Waals surface area contributed by atoms with Crippen molar-refractivity contribution in [2.75, 3.05) is 18.9 Å². The zero-order valence-corrected chi connectivity index (χ0v) is 13.0. The highest BCUT2D eigenvalue weighted by atomic mass is 32.2. The number of anilines is 1. The smallest absolute Gasteiger partial charge is 0.242 e. The molecule has 0 aliphatic heterocycles. The molecule has 20 heavy (non-hydrogen) atoms. The highest BCUT2D eigenvalue weighted by Crippen LogP contribution is 2.22. The van der Waals surface area contributed by atoms with E-state index in [0.717, 1.165) is 36.8 Å². The second-order valence-electron chi connectivity index (χ2n) is 5.01. The molecule has 1 aromatic carbocycles.